The number of nitrogens with two attached hydrogens (primary N) is 1. The number of hydrogen-bond acceptors (Lipinski definition) is 7. The molecule has 35 heavy (non-hydrogen) atoms. The number of furan rings is 1. The van der Waals surface area contributed by atoms with Crippen LogP contribution in [0, 0.1) is 0 Å². The first kappa shape index (κ1) is 23.0. The second kappa shape index (κ2) is 9.14. The van der Waals surface area contributed by atoms with Gasteiger partial charge in [-0.1, -0.05) is 12.1 Å². The fraction of sp³-hybridized carbons (Fsp3) is 0.333. The number of nitrogens with zero attached hydrogens (tertiary/aromatic N) is 3. The average molecular weight is 487 g/mol. The molecule has 11 heteroatoms. The molecule has 0 bridgehead atoms. The lowest BCUT2D eigenvalue weighted by atomic mass is 10.1. The number of ether oxygens (including phenoxy) is 2. The van der Waals surface area contributed by atoms with E-state index in [2.05, 4.69) is 20.1 Å². The highest BCUT2D eigenvalue weighted by Crippen LogP contribution is 2.40. The molecule has 0 spiro atoms. The summed E-state index contributed by atoms with van der Waals surface area (Å²) in [6.45, 7) is 3.61. The largest absolute Gasteiger partial charge is 0.573 e. The van der Waals surface area contributed by atoms with Crippen molar-refractivity contribution in [2.75, 3.05) is 18.8 Å². The Kier molecular flexibility index (Phi) is 6.01. The van der Waals surface area contributed by atoms with Gasteiger partial charge in [0.2, 0.25) is 5.75 Å². The summed E-state index contributed by atoms with van der Waals surface area (Å²) in [4.78, 5) is 4.26. The highest BCUT2D eigenvalue weighted by molar-refractivity contribution is 5.97. The van der Waals surface area contributed by atoms with E-state index in [1.807, 2.05) is 10.9 Å². The van der Waals surface area contributed by atoms with Gasteiger partial charge in [-0.3, -0.25) is 4.68 Å². The van der Waals surface area contributed by atoms with Gasteiger partial charge in [0.05, 0.1) is 17.6 Å². The molecule has 5 rings (SSSR count). The van der Waals surface area contributed by atoms with E-state index in [0.29, 0.717) is 22.6 Å². The van der Waals surface area contributed by atoms with Crippen molar-refractivity contribution < 1.29 is 27.1 Å². The second-order valence-electron chi connectivity index (χ2n) is 8.44. The Bertz CT molecular complexity index is 1330. The maximum Gasteiger partial charge on any atom is 0.573 e. The standard InChI is InChI=1S/C24H24F3N5O3/c1-14(15-3-2-4-18(9-15)35-24(25,26)27)34-22-21-19(11-30-23(22)28)20(13-33-21)16-10-31-32(12-16)17-5-7-29-8-6-17/h2-4,9-14,17,29H,5-8H2,1H3,(H2,28,30). The van der Waals surface area contributed by atoms with Crippen molar-refractivity contribution in [3.63, 3.8) is 0 Å². The summed E-state index contributed by atoms with van der Waals surface area (Å²) < 4.78 is 55.7. The third-order valence-electron chi connectivity index (χ3n) is 6.05. The number of rotatable bonds is 6. The molecule has 1 atom stereocenters. The van der Waals surface area contributed by atoms with E-state index in [0.717, 1.165) is 37.1 Å². The number of piperidine rings is 1. The van der Waals surface area contributed by atoms with Gasteiger partial charge in [-0.25, -0.2) is 4.98 Å². The monoisotopic (exact) mass is 487 g/mol. The topological polar surface area (TPSA) is 100 Å². The Morgan fingerprint density at radius 1 is 1.23 bits per heavy atom. The number of alkyl halides is 3. The number of anilines is 1. The highest BCUT2D eigenvalue weighted by atomic mass is 19.4. The zero-order valence-electron chi connectivity index (χ0n) is 18.9. The van der Waals surface area contributed by atoms with E-state index in [9.17, 15) is 13.2 Å². The smallest absolute Gasteiger partial charge is 0.479 e. The molecule has 8 nitrogen and oxygen atoms in total. The minimum atomic E-state index is -4.78. The fourth-order valence-electron chi connectivity index (χ4n) is 4.27. The summed E-state index contributed by atoms with van der Waals surface area (Å²) >= 11 is 0. The average Bonchev–Trinajstić information content (AvgIpc) is 3.48. The van der Waals surface area contributed by atoms with Crippen LogP contribution in [0.4, 0.5) is 19.0 Å². The number of halogens is 3. The number of hydrogen-bond donors (Lipinski definition) is 2. The molecule has 4 aromatic rings. The Morgan fingerprint density at radius 3 is 2.80 bits per heavy atom. The van der Waals surface area contributed by atoms with Crippen LogP contribution < -0.4 is 20.5 Å². The maximum atomic E-state index is 12.6. The zero-order valence-corrected chi connectivity index (χ0v) is 18.9. The van der Waals surface area contributed by atoms with E-state index in [1.54, 1.807) is 31.6 Å². The van der Waals surface area contributed by atoms with E-state index < -0.39 is 12.5 Å². The number of fused-ring (bicyclic) bond motifs is 1. The number of benzene rings is 1. The Labute approximate surface area is 198 Å². The summed E-state index contributed by atoms with van der Waals surface area (Å²) in [7, 11) is 0. The van der Waals surface area contributed by atoms with Crippen LogP contribution in [0.3, 0.4) is 0 Å². The lowest BCUT2D eigenvalue weighted by molar-refractivity contribution is -0.274. The lowest BCUT2D eigenvalue weighted by Crippen LogP contribution is -2.29. The van der Waals surface area contributed by atoms with Gasteiger partial charge >= 0.3 is 6.36 Å². The normalized spacial score (nSPS) is 15.9. The third kappa shape index (κ3) is 4.90. The minimum Gasteiger partial charge on any atom is -0.479 e. The zero-order chi connectivity index (χ0) is 24.6. The van der Waals surface area contributed by atoms with E-state index in [-0.39, 0.29) is 17.3 Å². The van der Waals surface area contributed by atoms with Crippen molar-refractivity contribution in [1.82, 2.24) is 20.1 Å². The highest BCUT2D eigenvalue weighted by Gasteiger charge is 2.31. The van der Waals surface area contributed by atoms with Gasteiger partial charge in [0.1, 0.15) is 18.1 Å². The van der Waals surface area contributed by atoms with Crippen LogP contribution in [0.2, 0.25) is 0 Å². The SMILES string of the molecule is CC(Oc1c(N)ncc2c(-c3cnn(C4CCNCC4)c3)coc12)c1cccc(OC(F)(F)F)c1. The molecule has 1 aromatic carbocycles. The minimum absolute atomic E-state index is 0.110. The Morgan fingerprint density at radius 2 is 2.03 bits per heavy atom. The molecule has 4 heterocycles. The van der Waals surface area contributed by atoms with Crippen LogP contribution in [0.15, 0.2) is 53.5 Å². The van der Waals surface area contributed by atoms with E-state index >= 15 is 0 Å². The summed E-state index contributed by atoms with van der Waals surface area (Å²) in [6, 6.07) is 5.94. The molecule has 1 aliphatic rings. The molecule has 1 fully saturated rings. The van der Waals surface area contributed by atoms with Crippen LogP contribution in [0.1, 0.15) is 37.5 Å². The summed E-state index contributed by atoms with van der Waals surface area (Å²) in [5.41, 5.74) is 8.63. The fourth-order valence-corrected chi connectivity index (χ4v) is 4.27. The van der Waals surface area contributed by atoms with Crippen molar-refractivity contribution in [1.29, 1.82) is 0 Å². The second-order valence-corrected chi connectivity index (χ2v) is 8.44. The molecule has 3 N–H and O–H groups in total. The molecule has 0 radical (unpaired) electrons. The Balaban J connectivity index is 1.42. The number of nitrogen functional groups attached to an aromatic ring is 1. The van der Waals surface area contributed by atoms with Gasteiger partial charge in [0, 0.05) is 23.5 Å². The van der Waals surface area contributed by atoms with Gasteiger partial charge in [-0.05, 0) is 50.6 Å². The third-order valence-corrected chi connectivity index (χ3v) is 6.05. The molecule has 3 aromatic heterocycles. The first-order valence-electron chi connectivity index (χ1n) is 11.2. The van der Waals surface area contributed by atoms with Crippen LogP contribution in [-0.2, 0) is 0 Å². The van der Waals surface area contributed by atoms with Crippen molar-refractivity contribution in [3.05, 3.63) is 54.7 Å². The first-order chi connectivity index (χ1) is 16.8. The summed E-state index contributed by atoms with van der Waals surface area (Å²) in [5, 5.41) is 8.59. The van der Waals surface area contributed by atoms with Gasteiger partial charge in [0.15, 0.2) is 11.4 Å². The molecule has 0 aliphatic carbocycles. The number of aromatic nitrogens is 3. The predicted molar refractivity (Wildman–Crippen MR) is 123 cm³/mol. The quantitative estimate of drug-likeness (QED) is 0.384. The van der Waals surface area contributed by atoms with Gasteiger partial charge in [0.25, 0.3) is 0 Å². The van der Waals surface area contributed by atoms with Gasteiger partial charge in [-0.15, -0.1) is 13.2 Å². The Hall–Kier alpha value is -3.73. The molecule has 1 aliphatic heterocycles. The van der Waals surface area contributed by atoms with Crippen LogP contribution in [-0.4, -0.2) is 34.2 Å². The van der Waals surface area contributed by atoms with Crippen molar-refractivity contribution in [3.8, 4) is 22.6 Å². The predicted octanol–water partition coefficient (Wildman–Crippen LogP) is 5.24. The number of pyridine rings is 1. The lowest BCUT2D eigenvalue weighted by Gasteiger charge is -2.22. The molecule has 0 saturated carbocycles. The molecular formula is C24H24F3N5O3. The molecule has 1 unspecified atom stereocenters. The maximum absolute atomic E-state index is 12.6. The number of nitrogens with one attached hydrogen (secondary N) is 1. The van der Waals surface area contributed by atoms with Crippen LogP contribution in [0.5, 0.6) is 11.5 Å². The molecular weight excluding hydrogens is 463 g/mol. The van der Waals surface area contributed by atoms with Crippen molar-refractivity contribution >= 4 is 16.8 Å². The molecule has 0 amide bonds. The van der Waals surface area contributed by atoms with E-state index in [4.69, 9.17) is 14.9 Å². The van der Waals surface area contributed by atoms with Gasteiger partial charge in [-0.2, -0.15) is 5.10 Å². The first-order valence-corrected chi connectivity index (χ1v) is 11.2. The summed E-state index contributed by atoms with van der Waals surface area (Å²) in [6.07, 6.45) is 3.58. The van der Waals surface area contributed by atoms with Crippen LogP contribution >= 0.6 is 0 Å². The molecule has 1 saturated heterocycles. The van der Waals surface area contributed by atoms with Crippen molar-refractivity contribution in [2.45, 2.75) is 38.3 Å². The van der Waals surface area contributed by atoms with Gasteiger partial charge < -0.3 is 24.9 Å². The van der Waals surface area contributed by atoms with Crippen LogP contribution in [0.25, 0.3) is 22.1 Å². The molecule has 184 valence electrons. The van der Waals surface area contributed by atoms with E-state index in [1.165, 1.54) is 18.2 Å². The van der Waals surface area contributed by atoms with Crippen molar-refractivity contribution in [2.24, 2.45) is 0 Å². The summed E-state index contributed by atoms with van der Waals surface area (Å²) in [5.74, 6) is -0.00622.